The highest BCUT2D eigenvalue weighted by Crippen LogP contribution is 2.13. The molecule has 2 N–H and O–H groups in total. The standard InChI is InChI=1S/C14H19N3O/c1-18-14-4-2-3-12(9-14)6-8-17-11-16-10-13(17)5-7-15/h2-4,9-11H,5-8,15H2,1H3. The van der Waals surface area contributed by atoms with Gasteiger partial charge in [-0.3, -0.25) is 0 Å². The molecular weight excluding hydrogens is 226 g/mol. The minimum absolute atomic E-state index is 0.658. The minimum atomic E-state index is 0.658. The molecule has 1 heterocycles. The number of aryl methyl sites for hydroxylation is 2. The van der Waals surface area contributed by atoms with Gasteiger partial charge in [-0.15, -0.1) is 0 Å². The van der Waals surface area contributed by atoms with Crippen molar-refractivity contribution in [1.29, 1.82) is 0 Å². The van der Waals surface area contributed by atoms with Crippen LogP contribution in [0.2, 0.25) is 0 Å². The van der Waals surface area contributed by atoms with Gasteiger partial charge in [0.05, 0.1) is 13.4 Å². The fourth-order valence-electron chi connectivity index (χ4n) is 1.98. The molecule has 0 aliphatic heterocycles. The Hall–Kier alpha value is -1.81. The van der Waals surface area contributed by atoms with E-state index in [1.807, 2.05) is 24.7 Å². The first kappa shape index (κ1) is 12.6. The van der Waals surface area contributed by atoms with Gasteiger partial charge in [-0.25, -0.2) is 4.98 Å². The van der Waals surface area contributed by atoms with Crippen LogP contribution in [0.1, 0.15) is 11.3 Å². The number of ether oxygens (including phenoxy) is 1. The number of methoxy groups -OCH3 is 1. The average Bonchev–Trinajstić information content (AvgIpc) is 2.85. The van der Waals surface area contributed by atoms with E-state index in [4.69, 9.17) is 10.5 Å². The summed E-state index contributed by atoms with van der Waals surface area (Å²) in [6, 6.07) is 8.16. The van der Waals surface area contributed by atoms with Crippen molar-refractivity contribution in [1.82, 2.24) is 9.55 Å². The SMILES string of the molecule is COc1cccc(CCn2cncc2CCN)c1. The Kier molecular flexibility index (Phi) is 4.36. The Morgan fingerprint density at radius 1 is 1.33 bits per heavy atom. The molecule has 0 atom stereocenters. The van der Waals surface area contributed by atoms with Crippen molar-refractivity contribution in [2.24, 2.45) is 5.73 Å². The minimum Gasteiger partial charge on any atom is -0.497 e. The van der Waals surface area contributed by atoms with Gasteiger partial charge in [-0.05, 0) is 30.7 Å². The van der Waals surface area contributed by atoms with Crippen LogP contribution in [0.15, 0.2) is 36.8 Å². The molecular formula is C14H19N3O. The highest BCUT2D eigenvalue weighted by molar-refractivity contribution is 5.28. The molecule has 2 rings (SSSR count). The Balaban J connectivity index is 1.99. The van der Waals surface area contributed by atoms with Crippen LogP contribution in [0.25, 0.3) is 0 Å². The van der Waals surface area contributed by atoms with Crippen molar-refractivity contribution in [3.63, 3.8) is 0 Å². The van der Waals surface area contributed by atoms with E-state index in [1.54, 1.807) is 7.11 Å². The van der Waals surface area contributed by atoms with Crippen LogP contribution in [0.5, 0.6) is 5.75 Å². The number of hydrogen-bond acceptors (Lipinski definition) is 3. The zero-order chi connectivity index (χ0) is 12.8. The van der Waals surface area contributed by atoms with Gasteiger partial charge in [0.2, 0.25) is 0 Å². The van der Waals surface area contributed by atoms with Crippen LogP contribution < -0.4 is 10.5 Å². The summed E-state index contributed by atoms with van der Waals surface area (Å²) in [7, 11) is 1.69. The second kappa shape index (κ2) is 6.21. The smallest absolute Gasteiger partial charge is 0.119 e. The van der Waals surface area contributed by atoms with Gasteiger partial charge in [0.25, 0.3) is 0 Å². The average molecular weight is 245 g/mol. The summed E-state index contributed by atoms with van der Waals surface area (Å²) in [5.41, 5.74) is 8.04. The predicted molar refractivity (Wildman–Crippen MR) is 71.7 cm³/mol. The highest BCUT2D eigenvalue weighted by atomic mass is 16.5. The van der Waals surface area contributed by atoms with Crippen molar-refractivity contribution >= 4 is 0 Å². The lowest BCUT2D eigenvalue weighted by atomic mass is 10.1. The number of aromatic nitrogens is 2. The van der Waals surface area contributed by atoms with Gasteiger partial charge in [-0.2, -0.15) is 0 Å². The van der Waals surface area contributed by atoms with E-state index in [2.05, 4.69) is 21.7 Å². The molecule has 4 heteroatoms. The summed E-state index contributed by atoms with van der Waals surface area (Å²) in [6.45, 7) is 1.58. The molecule has 4 nitrogen and oxygen atoms in total. The molecule has 2 aromatic rings. The molecule has 96 valence electrons. The zero-order valence-corrected chi connectivity index (χ0v) is 10.7. The van der Waals surface area contributed by atoms with Gasteiger partial charge in [-0.1, -0.05) is 12.1 Å². The summed E-state index contributed by atoms with van der Waals surface area (Å²) in [5, 5.41) is 0. The molecule has 0 unspecified atom stereocenters. The maximum absolute atomic E-state index is 5.58. The fourth-order valence-corrected chi connectivity index (χ4v) is 1.98. The summed E-state index contributed by atoms with van der Waals surface area (Å²) in [6.07, 6.45) is 5.59. The van der Waals surface area contributed by atoms with E-state index in [0.29, 0.717) is 6.54 Å². The van der Waals surface area contributed by atoms with Gasteiger partial charge in [0.15, 0.2) is 0 Å². The third-order valence-corrected chi connectivity index (χ3v) is 2.97. The highest BCUT2D eigenvalue weighted by Gasteiger charge is 2.02. The Morgan fingerprint density at radius 3 is 3.00 bits per heavy atom. The van der Waals surface area contributed by atoms with Gasteiger partial charge in [0, 0.05) is 24.9 Å². The molecule has 0 saturated carbocycles. The Morgan fingerprint density at radius 2 is 2.22 bits per heavy atom. The van der Waals surface area contributed by atoms with Crippen molar-refractivity contribution in [3.8, 4) is 5.75 Å². The fraction of sp³-hybridized carbons (Fsp3) is 0.357. The van der Waals surface area contributed by atoms with Crippen LogP contribution in [0.3, 0.4) is 0 Å². The molecule has 0 aliphatic carbocycles. The monoisotopic (exact) mass is 245 g/mol. The van der Waals surface area contributed by atoms with Gasteiger partial charge >= 0.3 is 0 Å². The lowest BCUT2D eigenvalue weighted by Crippen LogP contribution is -2.09. The molecule has 0 amide bonds. The number of hydrogen-bond donors (Lipinski definition) is 1. The molecule has 0 fully saturated rings. The van der Waals surface area contributed by atoms with E-state index in [0.717, 1.165) is 25.1 Å². The van der Waals surface area contributed by atoms with Gasteiger partial charge < -0.3 is 15.0 Å². The molecule has 18 heavy (non-hydrogen) atoms. The van der Waals surface area contributed by atoms with E-state index in [1.165, 1.54) is 11.3 Å². The van der Waals surface area contributed by atoms with Crippen LogP contribution in [-0.2, 0) is 19.4 Å². The van der Waals surface area contributed by atoms with Crippen molar-refractivity contribution < 1.29 is 4.74 Å². The van der Waals surface area contributed by atoms with Crippen LogP contribution in [0.4, 0.5) is 0 Å². The Bertz CT molecular complexity index is 493. The molecule has 0 saturated heterocycles. The first-order chi connectivity index (χ1) is 8.83. The molecule has 1 aromatic heterocycles. The topological polar surface area (TPSA) is 53.1 Å². The van der Waals surface area contributed by atoms with Gasteiger partial charge in [0.1, 0.15) is 5.75 Å². The number of rotatable bonds is 6. The van der Waals surface area contributed by atoms with E-state index >= 15 is 0 Å². The molecule has 0 spiro atoms. The van der Waals surface area contributed by atoms with E-state index in [-0.39, 0.29) is 0 Å². The predicted octanol–water partition coefficient (Wildman–Crippen LogP) is 1.64. The first-order valence-corrected chi connectivity index (χ1v) is 6.15. The number of nitrogens with zero attached hydrogens (tertiary/aromatic N) is 2. The maximum Gasteiger partial charge on any atom is 0.119 e. The van der Waals surface area contributed by atoms with Crippen molar-refractivity contribution in [3.05, 3.63) is 48.0 Å². The first-order valence-electron chi connectivity index (χ1n) is 6.15. The third-order valence-electron chi connectivity index (χ3n) is 2.97. The van der Waals surface area contributed by atoms with Crippen molar-refractivity contribution in [2.45, 2.75) is 19.4 Å². The summed E-state index contributed by atoms with van der Waals surface area (Å²) in [4.78, 5) is 4.17. The van der Waals surface area contributed by atoms with Crippen LogP contribution >= 0.6 is 0 Å². The zero-order valence-electron chi connectivity index (χ0n) is 10.7. The summed E-state index contributed by atoms with van der Waals surface area (Å²) >= 11 is 0. The quantitative estimate of drug-likeness (QED) is 0.841. The molecule has 1 aromatic carbocycles. The Labute approximate surface area is 107 Å². The second-order valence-electron chi connectivity index (χ2n) is 4.22. The lowest BCUT2D eigenvalue weighted by molar-refractivity contribution is 0.414. The molecule has 0 bridgehead atoms. The lowest BCUT2D eigenvalue weighted by Gasteiger charge is -2.08. The number of nitrogens with two attached hydrogens (primary N) is 1. The molecule has 0 aliphatic rings. The van der Waals surface area contributed by atoms with Crippen LogP contribution in [-0.4, -0.2) is 23.2 Å². The summed E-state index contributed by atoms with van der Waals surface area (Å²) in [5.74, 6) is 0.903. The largest absolute Gasteiger partial charge is 0.497 e. The van der Waals surface area contributed by atoms with E-state index < -0.39 is 0 Å². The van der Waals surface area contributed by atoms with E-state index in [9.17, 15) is 0 Å². The normalized spacial score (nSPS) is 10.6. The second-order valence-corrected chi connectivity index (χ2v) is 4.22. The maximum atomic E-state index is 5.58. The van der Waals surface area contributed by atoms with Crippen molar-refractivity contribution in [2.75, 3.05) is 13.7 Å². The molecule has 0 radical (unpaired) electrons. The van der Waals surface area contributed by atoms with Crippen LogP contribution in [0, 0.1) is 0 Å². The third kappa shape index (κ3) is 3.11. The number of benzene rings is 1. The number of imidazole rings is 1. The summed E-state index contributed by atoms with van der Waals surface area (Å²) < 4.78 is 7.38.